The lowest BCUT2D eigenvalue weighted by Crippen LogP contribution is -2.36. The van der Waals surface area contributed by atoms with Crippen molar-refractivity contribution in [1.82, 2.24) is 4.90 Å². The first-order valence-corrected chi connectivity index (χ1v) is 8.66. The van der Waals surface area contributed by atoms with E-state index in [9.17, 15) is 13.6 Å². The molecule has 1 N–H and O–H groups in total. The topological polar surface area (TPSA) is 32.3 Å². The standard InChI is InChI=1S/C22H20F2N2O/c1-16(18-7-3-2-4-8-18)26(15-17-11-13-19(23)14-12-17)22(27)25-21-10-6-5-9-20(21)24/h2-14,16H,15H2,1H3,(H,25,27). The van der Waals surface area contributed by atoms with Crippen LogP contribution >= 0.6 is 0 Å². The third-order valence-electron chi connectivity index (χ3n) is 4.39. The Bertz CT molecular complexity index is 898. The highest BCUT2D eigenvalue weighted by molar-refractivity contribution is 5.89. The van der Waals surface area contributed by atoms with Gasteiger partial charge in [0.05, 0.1) is 11.7 Å². The molecule has 138 valence electrons. The van der Waals surface area contributed by atoms with Gasteiger partial charge in [-0.3, -0.25) is 0 Å². The molecule has 0 spiro atoms. The number of para-hydroxylation sites is 1. The van der Waals surface area contributed by atoms with Crippen molar-refractivity contribution in [2.24, 2.45) is 0 Å². The maximum atomic E-state index is 13.9. The van der Waals surface area contributed by atoms with Gasteiger partial charge in [0.15, 0.2) is 0 Å². The highest BCUT2D eigenvalue weighted by Gasteiger charge is 2.22. The highest BCUT2D eigenvalue weighted by Crippen LogP contribution is 2.24. The Morgan fingerprint density at radius 2 is 1.56 bits per heavy atom. The van der Waals surface area contributed by atoms with Crippen molar-refractivity contribution in [2.75, 3.05) is 5.32 Å². The second-order valence-corrected chi connectivity index (χ2v) is 6.25. The predicted molar refractivity (Wildman–Crippen MR) is 102 cm³/mol. The van der Waals surface area contributed by atoms with Gasteiger partial charge in [-0.25, -0.2) is 13.6 Å². The molecule has 1 atom stereocenters. The Kier molecular flexibility index (Phi) is 5.81. The average Bonchev–Trinajstić information content (AvgIpc) is 2.69. The Hall–Kier alpha value is -3.21. The molecule has 3 aromatic carbocycles. The van der Waals surface area contributed by atoms with Crippen LogP contribution in [-0.2, 0) is 6.54 Å². The number of hydrogen-bond acceptors (Lipinski definition) is 1. The second-order valence-electron chi connectivity index (χ2n) is 6.25. The number of carbonyl (C=O) groups excluding carboxylic acids is 1. The number of halogens is 2. The molecule has 2 amide bonds. The fourth-order valence-corrected chi connectivity index (χ4v) is 2.83. The molecule has 0 aliphatic rings. The summed E-state index contributed by atoms with van der Waals surface area (Å²) in [5.74, 6) is -0.836. The Labute approximate surface area is 157 Å². The monoisotopic (exact) mass is 366 g/mol. The molecular formula is C22H20F2N2O. The van der Waals surface area contributed by atoms with E-state index in [4.69, 9.17) is 0 Å². The third kappa shape index (κ3) is 4.70. The van der Waals surface area contributed by atoms with Gasteiger partial charge in [-0.05, 0) is 42.3 Å². The van der Waals surface area contributed by atoms with Crippen molar-refractivity contribution in [1.29, 1.82) is 0 Å². The molecule has 0 aliphatic heterocycles. The number of nitrogens with one attached hydrogen (secondary N) is 1. The summed E-state index contributed by atoms with van der Waals surface area (Å²) in [4.78, 5) is 14.5. The molecule has 0 radical (unpaired) electrons. The first kappa shape index (κ1) is 18.6. The van der Waals surface area contributed by atoms with Crippen LogP contribution in [0, 0.1) is 11.6 Å². The van der Waals surface area contributed by atoms with Gasteiger partial charge in [0.25, 0.3) is 0 Å². The highest BCUT2D eigenvalue weighted by atomic mass is 19.1. The van der Waals surface area contributed by atoms with E-state index in [0.29, 0.717) is 0 Å². The van der Waals surface area contributed by atoms with Crippen LogP contribution in [0.4, 0.5) is 19.3 Å². The summed E-state index contributed by atoms with van der Waals surface area (Å²) in [6.45, 7) is 2.16. The zero-order valence-corrected chi connectivity index (χ0v) is 14.9. The zero-order chi connectivity index (χ0) is 19.2. The Balaban J connectivity index is 1.87. The van der Waals surface area contributed by atoms with Crippen LogP contribution in [-0.4, -0.2) is 10.9 Å². The number of anilines is 1. The minimum absolute atomic E-state index is 0.117. The molecule has 3 rings (SSSR count). The summed E-state index contributed by atoms with van der Waals surface area (Å²) < 4.78 is 27.1. The second kappa shape index (κ2) is 8.45. The van der Waals surface area contributed by atoms with Crippen molar-refractivity contribution in [3.05, 3.63) is 102 Å². The van der Waals surface area contributed by atoms with Gasteiger partial charge in [-0.1, -0.05) is 54.6 Å². The maximum absolute atomic E-state index is 13.9. The molecule has 3 aromatic rings. The van der Waals surface area contributed by atoms with Gasteiger partial charge in [0.2, 0.25) is 0 Å². The van der Waals surface area contributed by atoms with Crippen molar-refractivity contribution < 1.29 is 13.6 Å². The smallest absolute Gasteiger partial charge is 0.313 e. The maximum Gasteiger partial charge on any atom is 0.322 e. The number of amides is 2. The fraction of sp³-hybridized carbons (Fsp3) is 0.136. The molecule has 0 heterocycles. The van der Waals surface area contributed by atoms with Crippen LogP contribution in [0.25, 0.3) is 0 Å². The summed E-state index contributed by atoms with van der Waals surface area (Å²) in [5, 5.41) is 2.63. The van der Waals surface area contributed by atoms with E-state index < -0.39 is 11.8 Å². The van der Waals surface area contributed by atoms with E-state index in [-0.39, 0.29) is 24.1 Å². The van der Waals surface area contributed by atoms with Crippen LogP contribution in [0.5, 0.6) is 0 Å². The van der Waals surface area contributed by atoms with Crippen LogP contribution < -0.4 is 5.32 Å². The Morgan fingerprint density at radius 1 is 0.926 bits per heavy atom. The van der Waals surface area contributed by atoms with Gasteiger partial charge < -0.3 is 10.2 Å². The molecular weight excluding hydrogens is 346 g/mol. The van der Waals surface area contributed by atoms with E-state index in [1.54, 1.807) is 29.2 Å². The Morgan fingerprint density at radius 3 is 2.22 bits per heavy atom. The summed E-state index contributed by atoms with van der Waals surface area (Å²) in [5.41, 5.74) is 1.85. The lowest BCUT2D eigenvalue weighted by atomic mass is 10.1. The van der Waals surface area contributed by atoms with Crippen LogP contribution in [0.1, 0.15) is 24.1 Å². The summed E-state index contributed by atoms with van der Waals surface area (Å²) in [6.07, 6.45) is 0. The molecule has 0 bridgehead atoms. The van der Waals surface area contributed by atoms with E-state index in [1.165, 1.54) is 24.3 Å². The molecule has 3 nitrogen and oxygen atoms in total. The van der Waals surface area contributed by atoms with Crippen molar-refractivity contribution in [3.8, 4) is 0 Å². The molecule has 1 unspecified atom stereocenters. The molecule has 0 saturated carbocycles. The van der Waals surface area contributed by atoms with E-state index in [1.807, 2.05) is 37.3 Å². The van der Waals surface area contributed by atoms with Gasteiger partial charge in [0.1, 0.15) is 11.6 Å². The van der Waals surface area contributed by atoms with E-state index in [0.717, 1.165) is 11.1 Å². The van der Waals surface area contributed by atoms with Crippen molar-refractivity contribution in [2.45, 2.75) is 19.5 Å². The molecule has 0 aromatic heterocycles. The van der Waals surface area contributed by atoms with Gasteiger partial charge in [0, 0.05) is 6.54 Å². The molecule has 5 heteroatoms. The fourth-order valence-electron chi connectivity index (χ4n) is 2.83. The average molecular weight is 366 g/mol. The third-order valence-corrected chi connectivity index (χ3v) is 4.39. The van der Waals surface area contributed by atoms with E-state index >= 15 is 0 Å². The predicted octanol–water partition coefficient (Wildman–Crippen LogP) is 5.76. The number of benzene rings is 3. The van der Waals surface area contributed by atoms with E-state index in [2.05, 4.69) is 5.32 Å². The number of urea groups is 1. The van der Waals surface area contributed by atoms with Crippen molar-refractivity contribution >= 4 is 11.7 Å². The molecule has 0 aliphatic carbocycles. The van der Waals surface area contributed by atoms with Crippen molar-refractivity contribution in [3.63, 3.8) is 0 Å². The SMILES string of the molecule is CC(c1ccccc1)N(Cc1ccc(F)cc1)C(=O)Nc1ccccc1F. The first-order chi connectivity index (χ1) is 13.0. The number of rotatable bonds is 5. The van der Waals surface area contributed by atoms with Gasteiger partial charge in [-0.2, -0.15) is 0 Å². The van der Waals surface area contributed by atoms with Crippen LogP contribution in [0.3, 0.4) is 0 Å². The number of nitrogens with zero attached hydrogens (tertiary/aromatic N) is 1. The lowest BCUT2D eigenvalue weighted by Gasteiger charge is -2.30. The first-order valence-electron chi connectivity index (χ1n) is 8.66. The largest absolute Gasteiger partial charge is 0.322 e. The van der Waals surface area contributed by atoms with Crippen LogP contribution in [0.2, 0.25) is 0 Å². The number of carbonyl (C=O) groups is 1. The zero-order valence-electron chi connectivity index (χ0n) is 14.9. The van der Waals surface area contributed by atoms with Gasteiger partial charge in [-0.15, -0.1) is 0 Å². The minimum Gasteiger partial charge on any atom is -0.313 e. The lowest BCUT2D eigenvalue weighted by molar-refractivity contribution is 0.189. The quantitative estimate of drug-likeness (QED) is 0.612. The molecule has 0 fully saturated rings. The summed E-state index contributed by atoms with van der Waals surface area (Å²) in [7, 11) is 0. The minimum atomic E-state index is -0.500. The number of hydrogen-bond donors (Lipinski definition) is 1. The van der Waals surface area contributed by atoms with Gasteiger partial charge >= 0.3 is 6.03 Å². The van der Waals surface area contributed by atoms with Crippen LogP contribution in [0.15, 0.2) is 78.9 Å². The molecule has 27 heavy (non-hydrogen) atoms. The molecule has 0 saturated heterocycles. The normalized spacial score (nSPS) is 11.7. The summed E-state index contributed by atoms with van der Waals surface area (Å²) in [6, 6.07) is 20.9. The summed E-state index contributed by atoms with van der Waals surface area (Å²) >= 11 is 0.